The second-order valence-corrected chi connectivity index (χ2v) is 6.16. The third-order valence-electron chi connectivity index (χ3n) is 4.74. The molecule has 1 N–H and O–H groups in total. The molecule has 0 fully saturated rings. The first-order chi connectivity index (χ1) is 12.7. The largest absolute Gasteiger partial charge is 1.00 e. The summed E-state index contributed by atoms with van der Waals surface area (Å²) < 4.78 is 13.1. The molecule has 0 bridgehead atoms. The van der Waals surface area contributed by atoms with Crippen molar-refractivity contribution in [2.45, 2.75) is 0 Å². The van der Waals surface area contributed by atoms with Crippen LogP contribution < -0.4 is 31.8 Å². The Bertz CT molecular complexity index is 1060. The van der Waals surface area contributed by atoms with Gasteiger partial charge in [0.1, 0.15) is 18.5 Å². The van der Waals surface area contributed by atoms with Crippen LogP contribution in [0.25, 0.3) is 21.8 Å². The van der Waals surface area contributed by atoms with E-state index >= 15 is 0 Å². The molecule has 4 rings (SSSR count). The number of pyridine rings is 1. The number of aromatic nitrogens is 1. The van der Waals surface area contributed by atoms with Gasteiger partial charge in [0.2, 0.25) is 11.0 Å². The molecule has 0 unspecified atom stereocenters. The summed E-state index contributed by atoms with van der Waals surface area (Å²) in [6.45, 7) is 0. The van der Waals surface area contributed by atoms with Gasteiger partial charge in [0, 0.05) is 18.2 Å². The van der Waals surface area contributed by atoms with Crippen LogP contribution in [0, 0.1) is 0 Å². The molecule has 138 valence electrons. The van der Waals surface area contributed by atoms with Crippen molar-refractivity contribution in [3.8, 4) is 11.5 Å². The van der Waals surface area contributed by atoms with Crippen molar-refractivity contribution in [1.82, 2.24) is 0 Å². The summed E-state index contributed by atoms with van der Waals surface area (Å²) in [6.07, 6.45) is 0. The highest BCUT2D eigenvalue weighted by atomic mass is 35.5. The van der Waals surface area contributed by atoms with Crippen LogP contribution in [0.4, 0.5) is 11.4 Å². The van der Waals surface area contributed by atoms with Crippen LogP contribution in [-0.4, -0.2) is 14.2 Å². The van der Waals surface area contributed by atoms with Crippen molar-refractivity contribution in [1.29, 1.82) is 0 Å². The molecule has 0 amide bonds. The molecule has 4 aromatic rings. The van der Waals surface area contributed by atoms with Crippen molar-refractivity contribution in [2.75, 3.05) is 19.5 Å². The van der Waals surface area contributed by atoms with E-state index < -0.39 is 0 Å². The molecule has 0 spiro atoms. The zero-order valence-corrected chi connectivity index (χ0v) is 16.2. The van der Waals surface area contributed by atoms with E-state index in [2.05, 4.69) is 65.5 Å². The number of rotatable bonds is 4. The number of halogens is 1. The Balaban J connectivity index is 0.00000210. The first-order valence-electron chi connectivity index (χ1n) is 8.51. The Morgan fingerprint density at radius 1 is 0.778 bits per heavy atom. The predicted octanol–water partition coefficient (Wildman–Crippen LogP) is 1.58. The topological polar surface area (TPSA) is 34.4 Å². The number of anilines is 2. The first-order valence-corrected chi connectivity index (χ1v) is 8.51. The highest BCUT2D eigenvalue weighted by Gasteiger charge is 2.18. The molecule has 0 aliphatic heterocycles. The number of methoxy groups -OCH3 is 2. The van der Waals surface area contributed by atoms with Crippen LogP contribution in [0.5, 0.6) is 11.5 Å². The third kappa shape index (κ3) is 3.24. The summed E-state index contributed by atoms with van der Waals surface area (Å²) in [5.41, 5.74) is 4.30. The van der Waals surface area contributed by atoms with Crippen molar-refractivity contribution in [3.05, 3.63) is 66.7 Å². The lowest BCUT2D eigenvalue weighted by atomic mass is 10.1. The monoisotopic (exact) mass is 380 g/mol. The maximum Gasteiger partial charge on any atom is 0.214 e. The average Bonchev–Trinajstić information content (AvgIpc) is 2.71. The van der Waals surface area contributed by atoms with Gasteiger partial charge in [0.05, 0.1) is 36.4 Å². The fraction of sp³-hybridized carbons (Fsp3) is 0.136. The normalized spacial score (nSPS) is 10.5. The molecule has 5 heteroatoms. The number of fused-ring (bicyclic) bond motifs is 2. The first kappa shape index (κ1) is 18.8. The minimum absolute atomic E-state index is 0. The Labute approximate surface area is 164 Å². The lowest BCUT2D eigenvalue weighted by Gasteiger charge is -2.15. The van der Waals surface area contributed by atoms with Gasteiger partial charge in [-0.25, -0.2) is 0 Å². The fourth-order valence-electron chi connectivity index (χ4n) is 3.40. The number of nitrogens with zero attached hydrogens (tertiary/aromatic N) is 1. The molecular weight excluding hydrogens is 360 g/mol. The predicted molar refractivity (Wildman–Crippen MR) is 105 cm³/mol. The van der Waals surface area contributed by atoms with Gasteiger partial charge < -0.3 is 27.2 Å². The second-order valence-electron chi connectivity index (χ2n) is 6.16. The maximum atomic E-state index is 5.56. The van der Waals surface area contributed by atoms with E-state index in [0.29, 0.717) is 0 Å². The zero-order valence-electron chi connectivity index (χ0n) is 15.5. The number of ether oxygens (including phenoxy) is 2. The smallest absolute Gasteiger partial charge is 0.214 e. The number of aryl methyl sites for hydroxylation is 1. The lowest BCUT2D eigenvalue weighted by Crippen LogP contribution is -3.00. The Hall–Kier alpha value is -2.98. The Morgan fingerprint density at radius 2 is 1.37 bits per heavy atom. The van der Waals surface area contributed by atoms with Crippen LogP contribution in [0.15, 0.2) is 66.7 Å². The van der Waals surface area contributed by atoms with Crippen LogP contribution in [0.1, 0.15) is 0 Å². The highest BCUT2D eigenvalue weighted by Crippen LogP contribution is 2.36. The zero-order chi connectivity index (χ0) is 18.1. The van der Waals surface area contributed by atoms with E-state index in [1.165, 1.54) is 11.0 Å². The van der Waals surface area contributed by atoms with Gasteiger partial charge in [-0.1, -0.05) is 24.3 Å². The van der Waals surface area contributed by atoms with E-state index in [9.17, 15) is 0 Å². The van der Waals surface area contributed by atoms with Gasteiger partial charge in [-0.15, -0.1) is 0 Å². The molecule has 0 radical (unpaired) electrons. The maximum absolute atomic E-state index is 5.56. The van der Waals surface area contributed by atoms with Gasteiger partial charge >= 0.3 is 0 Å². The third-order valence-corrected chi connectivity index (χ3v) is 4.74. The van der Waals surface area contributed by atoms with Gasteiger partial charge in [-0.2, -0.15) is 4.57 Å². The summed E-state index contributed by atoms with van der Waals surface area (Å²) in [7, 11) is 5.42. The van der Waals surface area contributed by atoms with Crippen LogP contribution in [0.3, 0.4) is 0 Å². The van der Waals surface area contributed by atoms with Gasteiger partial charge in [0.15, 0.2) is 0 Å². The van der Waals surface area contributed by atoms with Crippen LogP contribution in [0.2, 0.25) is 0 Å². The summed E-state index contributed by atoms with van der Waals surface area (Å²) in [4.78, 5) is 0. The number of hydrogen-bond acceptors (Lipinski definition) is 3. The van der Waals surface area contributed by atoms with Crippen molar-refractivity contribution in [3.63, 3.8) is 0 Å². The molecule has 1 aromatic heterocycles. The number of benzene rings is 3. The molecule has 4 nitrogen and oxygen atoms in total. The molecule has 27 heavy (non-hydrogen) atoms. The average molecular weight is 381 g/mol. The van der Waals surface area contributed by atoms with E-state index in [1.807, 2.05) is 18.2 Å². The Kier molecular flexibility index (Phi) is 5.38. The number of nitrogens with one attached hydrogen (secondary N) is 1. The van der Waals surface area contributed by atoms with Crippen molar-refractivity contribution in [2.24, 2.45) is 7.05 Å². The summed E-state index contributed by atoms with van der Waals surface area (Å²) in [5.74, 6) is 1.51. The molecule has 0 atom stereocenters. The molecule has 0 saturated heterocycles. The van der Waals surface area contributed by atoms with Crippen LogP contribution >= 0.6 is 0 Å². The number of hydrogen-bond donors (Lipinski definition) is 1. The highest BCUT2D eigenvalue weighted by molar-refractivity contribution is 6.06. The Morgan fingerprint density at radius 3 is 1.93 bits per heavy atom. The quantitative estimate of drug-likeness (QED) is 0.431. The molecule has 3 aromatic carbocycles. The summed E-state index contributed by atoms with van der Waals surface area (Å²) in [6, 6.07) is 22.6. The summed E-state index contributed by atoms with van der Waals surface area (Å²) in [5, 5.41) is 5.91. The van der Waals surface area contributed by atoms with Crippen LogP contribution in [-0.2, 0) is 7.05 Å². The van der Waals surface area contributed by atoms with E-state index in [1.54, 1.807) is 14.2 Å². The summed E-state index contributed by atoms with van der Waals surface area (Å²) >= 11 is 0. The van der Waals surface area contributed by atoms with E-state index in [-0.39, 0.29) is 12.4 Å². The SMILES string of the molecule is COc1ccc(Nc2c3ccccc3[n+](C)c3ccccc23)c(OC)c1.[Cl-]. The van der Waals surface area contributed by atoms with E-state index in [0.717, 1.165) is 33.6 Å². The second kappa shape index (κ2) is 7.72. The number of para-hydroxylation sites is 2. The molecule has 0 aliphatic carbocycles. The fourth-order valence-corrected chi connectivity index (χ4v) is 3.40. The standard InChI is InChI=1S/C22H20N2O2.ClH/c1-24-19-10-6-4-8-16(19)22(17-9-5-7-11-20(17)24)23-18-13-12-15(25-2)14-21(18)26-3;/h4-14H,1-3H3;1H. The van der Waals surface area contributed by atoms with E-state index in [4.69, 9.17) is 9.47 Å². The van der Waals surface area contributed by atoms with Gasteiger partial charge in [-0.3, -0.25) is 0 Å². The molecular formula is C22H21ClN2O2. The molecule has 0 saturated carbocycles. The molecule has 1 heterocycles. The minimum atomic E-state index is 0. The van der Waals surface area contributed by atoms with Crippen molar-refractivity contribution >= 4 is 33.2 Å². The molecule has 0 aliphatic rings. The lowest BCUT2D eigenvalue weighted by molar-refractivity contribution is -0.617. The van der Waals surface area contributed by atoms with Gasteiger partial charge in [0.25, 0.3) is 0 Å². The van der Waals surface area contributed by atoms with Crippen molar-refractivity contribution < 1.29 is 26.4 Å². The minimum Gasteiger partial charge on any atom is -1.00 e. The van der Waals surface area contributed by atoms with Gasteiger partial charge in [-0.05, 0) is 24.3 Å².